The van der Waals surface area contributed by atoms with Gasteiger partial charge in [0.15, 0.2) is 0 Å². The fraction of sp³-hybridized carbons (Fsp3) is 0.433. The van der Waals surface area contributed by atoms with Crippen LogP contribution in [0.15, 0.2) is 53.4 Å². The fourth-order valence-corrected chi connectivity index (χ4v) is 6.92. The van der Waals surface area contributed by atoms with Crippen molar-refractivity contribution in [2.45, 2.75) is 75.5 Å². The van der Waals surface area contributed by atoms with Gasteiger partial charge in [0.1, 0.15) is 6.61 Å². The summed E-state index contributed by atoms with van der Waals surface area (Å²) < 4.78 is 77.9. The number of benzene rings is 2. The smallest absolute Gasteiger partial charge is 0.394 e. The first kappa shape index (κ1) is 28.4. The Morgan fingerprint density at radius 3 is 2.36 bits per heavy atom. The van der Waals surface area contributed by atoms with E-state index in [0.717, 1.165) is 23.1 Å². The topological polar surface area (TPSA) is 101 Å². The van der Waals surface area contributed by atoms with E-state index in [1.807, 2.05) is 32.0 Å². The van der Waals surface area contributed by atoms with Gasteiger partial charge in [-0.2, -0.15) is 18.2 Å². The number of nitrogens with one attached hydrogen (secondary N) is 1. The Morgan fingerprint density at radius 1 is 1.05 bits per heavy atom. The maximum Gasteiger partial charge on any atom is 0.394 e. The molecule has 222 valence electrons. The second-order valence-electron chi connectivity index (χ2n) is 11.6. The molecule has 2 aromatic carbocycles. The number of rotatable bonds is 4. The highest BCUT2D eigenvalue weighted by Gasteiger charge is 2.64. The van der Waals surface area contributed by atoms with Gasteiger partial charge in [-0.3, -0.25) is 4.79 Å². The molecule has 3 aromatic rings. The quantitative estimate of drug-likeness (QED) is 0.391. The number of aryl methyl sites for hydroxylation is 2. The van der Waals surface area contributed by atoms with Crippen molar-refractivity contribution in [2.24, 2.45) is 5.41 Å². The number of halogens is 3. The second kappa shape index (κ2) is 10.3. The minimum absolute atomic E-state index is 0.00540. The summed E-state index contributed by atoms with van der Waals surface area (Å²) in [7, 11) is -4.23. The van der Waals surface area contributed by atoms with Crippen molar-refractivity contribution in [1.29, 1.82) is 0 Å². The molecule has 1 N–H and O–H groups in total. The summed E-state index contributed by atoms with van der Waals surface area (Å²) in [6.07, 6.45) is -2.60. The van der Waals surface area contributed by atoms with Crippen molar-refractivity contribution in [1.82, 2.24) is 14.9 Å². The van der Waals surface area contributed by atoms with E-state index in [-0.39, 0.29) is 54.2 Å². The average Bonchev–Trinajstić information content (AvgIpc) is 3.69. The summed E-state index contributed by atoms with van der Waals surface area (Å²) in [4.78, 5) is 24.0. The highest BCUT2D eigenvalue weighted by atomic mass is 32.2. The van der Waals surface area contributed by atoms with E-state index in [1.54, 1.807) is 6.07 Å². The van der Waals surface area contributed by atoms with Gasteiger partial charge in [-0.05, 0) is 81.7 Å². The number of ether oxygens (including phenoxy) is 1. The molecule has 1 aliphatic heterocycles. The van der Waals surface area contributed by atoms with E-state index in [2.05, 4.69) is 14.7 Å². The normalized spacial score (nSPS) is 21.6. The van der Waals surface area contributed by atoms with Gasteiger partial charge in [0.2, 0.25) is 11.8 Å². The molecule has 42 heavy (non-hydrogen) atoms. The summed E-state index contributed by atoms with van der Waals surface area (Å²) in [5, 5.41) is 0. The highest BCUT2D eigenvalue weighted by molar-refractivity contribution is 7.92. The average molecular weight is 601 g/mol. The lowest BCUT2D eigenvalue weighted by molar-refractivity contribution is -0.193. The molecule has 2 heterocycles. The van der Waals surface area contributed by atoms with Crippen LogP contribution in [-0.2, 0) is 10.0 Å². The van der Waals surface area contributed by atoms with Crippen molar-refractivity contribution in [2.75, 3.05) is 11.3 Å². The van der Waals surface area contributed by atoms with Gasteiger partial charge in [0, 0.05) is 23.2 Å². The maximum absolute atomic E-state index is 14.2. The zero-order chi connectivity index (χ0) is 29.9. The summed E-state index contributed by atoms with van der Waals surface area (Å²) in [6, 6.07) is 11.6. The highest BCUT2D eigenvalue weighted by Crippen LogP contribution is 2.61. The van der Waals surface area contributed by atoms with Crippen molar-refractivity contribution in [3.8, 4) is 17.1 Å². The number of nitrogens with zero attached hydrogens (tertiary/aromatic N) is 3. The molecule has 6 rings (SSSR count). The zero-order valence-corrected chi connectivity index (χ0v) is 24.1. The van der Waals surface area contributed by atoms with Gasteiger partial charge in [0.25, 0.3) is 15.9 Å². The molecule has 4 bridgehead atoms. The van der Waals surface area contributed by atoms with E-state index in [9.17, 15) is 26.4 Å². The van der Waals surface area contributed by atoms with E-state index in [0.29, 0.717) is 18.5 Å². The number of anilines is 1. The predicted octanol–water partition coefficient (Wildman–Crippen LogP) is 6.05. The Kier molecular flexibility index (Phi) is 6.94. The molecule has 1 atom stereocenters. The number of carbonyl (C=O) groups excluding carboxylic acids is 1. The number of sulfonamides is 1. The van der Waals surface area contributed by atoms with Crippen LogP contribution < -0.4 is 9.46 Å². The van der Waals surface area contributed by atoms with Gasteiger partial charge < -0.3 is 9.64 Å². The molecule has 1 aromatic heterocycles. The van der Waals surface area contributed by atoms with Crippen LogP contribution in [0.5, 0.6) is 5.88 Å². The van der Waals surface area contributed by atoms with Crippen molar-refractivity contribution < 1.29 is 31.1 Å². The summed E-state index contributed by atoms with van der Waals surface area (Å²) in [6.45, 7) is 3.55. The number of alkyl halides is 3. The first-order valence-corrected chi connectivity index (χ1v) is 15.5. The van der Waals surface area contributed by atoms with Gasteiger partial charge in [-0.1, -0.05) is 24.3 Å². The maximum atomic E-state index is 14.2. The van der Waals surface area contributed by atoms with Crippen LogP contribution in [-0.4, -0.2) is 54.1 Å². The monoisotopic (exact) mass is 600 g/mol. The first-order valence-electron chi connectivity index (χ1n) is 14.0. The molecule has 0 unspecified atom stereocenters. The van der Waals surface area contributed by atoms with E-state index >= 15 is 0 Å². The lowest BCUT2D eigenvalue weighted by Gasteiger charge is -2.43. The van der Waals surface area contributed by atoms with Crippen LogP contribution in [0, 0.1) is 19.3 Å². The molecular formula is C30H31F3N4O4S. The molecule has 8 nitrogen and oxygen atoms in total. The third kappa shape index (κ3) is 5.21. The molecule has 12 heteroatoms. The van der Waals surface area contributed by atoms with Crippen molar-refractivity contribution in [3.63, 3.8) is 0 Å². The molecule has 0 radical (unpaired) electrons. The van der Waals surface area contributed by atoms with E-state index in [1.165, 1.54) is 29.2 Å². The lowest BCUT2D eigenvalue weighted by Crippen LogP contribution is -2.53. The number of carbonyl (C=O) groups is 1. The Labute approximate surface area is 242 Å². The van der Waals surface area contributed by atoms with Gasteiger partial charge in [-0.25, -0.2) is 18.1 Å². The Bertz CT molecular complexity index is 1630. The number of hydrogen-bond donors (Lipinski definition) is 1. The van der Waals surface area contributed by atoms with Crippen LogP contribution in [0.2, 0.25) is 0 Å². The Hall–Kier alpha value is -3.67. The minimum atomic E-state index is -4.42. The summed E-state index contributed by atoms with van der Waals surface area (Å²) >= 11 is 0. The predicted molar refractivity (Wildman–Crippen MR) is 150 cm³/mol. The van der Waals surface area contributed by atoms with Crippen LogP contribution in [0.4, 0.5) is 19.1 Å². The summed E-state index contributed by atoms with van der Waals surface area (Å²) in [5.41, 5.74) is 1.13. The number of fused-ring (bicyclic) bond motifs is 4. The molecule has 0 saturated heterocycles. The third-order valence-electron chi connectivity index (χ3n) is 8.66. The van der Waals surface area contributed by atoms with Crippen LogP contribution in [0.1, 0.15) is 60.0 Å². The SMILES string of the molecule is Cc1cccc(C)c1-c1cc2nc(n1)NS(=O)(=O)c1cccc(c1)C(=O)N(C1CCC1)[C@H](CC1(C(F)(F)F)CC1)CO2. The number of hydrogen-bond acceptors (Lipinski definition) is 6. The molecule has 1 amide bonds. The van der Waals surface area contributed by atoms with Crippen LogP contribution in [0.3, 0.4) is 0 Å². The standard InChI is InChI=1S/C30H31F3N4O4S/c1-18-6-3-7-19(2)26(18)24-15-25-35-28(34-24)36-42(39,40)23-11-4-8-20(14-23)27(38)37(21-9-5-10-21)22(17-41-25)16-29(12-13-29)30(31,32)33/h3-4,6-8,11,14-15,21-22H,5,9-10,12-13,16-17H2,1-2H3,(H,34,35,36)/t22-/m1/s1. The van der Waals surface area contributed by atoms with Gasteiger partial charge in [0.05, 0.1) is 22.0 Å². The van der Waals surface area contributed by atoms with Gasteiger partial charge in [-0.15, -0.1) is 0 Å². The first-order chi connectivity index (χ1) is 19.9. The molecule has 3 aliphatic rings. The third-order valence-corrected chi connectivity index (χ3v) is 9.98. The molecule has 2 fully saturated rings. The number of aromatic nitrogens is 2. The zero-order valence-electron chi connectivity index (χ0n) is 23.2. The second-order valence-corrected chi connectivity index (χ2v) is 13.2. The lowest BCUT2D eigenvalue weighted by atomic mass is 9.87. The molecule has 2 saturated carbocycles. The van der Waals surface area contributed by atoms with Crippen molar-refractivity contribution >= 4 is 21.9 Å². The Balaban J connectivity index is 1.50. The molecule has 0 spiro atoms. The summed E-state index contributed by atoms with van der Waals surface area (Å²) in [5.74, 6) is -0.770. The van der Waals surface area contributed by atoms with Gasteiger partial charge >= 0.3 is 6.18 Å². The van der Waals surface area contributed by atoms with Crippen LogP contribution >= 0.6 is 0 Å². The molecular weight excluding hydrogens is 569 g/mol. The molecule has 2 aliphatic carbocycles. The largest absolute Gasteiger partial charge is 0.475 e. The minimum Gasteiger partial charge on any atom is -0.475 e. The number of amides is 1. The van der Waals surface area contributed by atoms with Crippen LogP contribution in [0.25, 0.3) is 11.3 Å². The van der Waals surface area contributed by atoms with E-state index < -0.39 is 33.6 Å². The fourth-order valence-electron chi connectivity index (χ4n) is 5.93. The van der Waals surface area contributed by atoms with E-state index in [4.69, 9.17) is 4.74 Å². The van der Waals surface area contributed by atoms with Crippen molar-refractivity contribution in [3.05, 3.63) is 65.2 Å². The Morgan fingerprint density at radius 2 is 1.74 bits per heavy atom.